The van der Waals surface area contributed by atoms with Crippen molar-refractivity contribution in [3.8, 4) is 0 Å². The molecule has 1 aromatic rings. The van der Waals surface area contributed by atoms with Crippen LogP contribution >= 0.6 is 0 Å². The van der Waals surface area contributed by atoms with Crippen molar-refractivity contribution in [2.75, 3.05) is 27.4 Å². The van der Waals surface area contributed by atoms with Gasteiger partial charge in [-0.2, -0.15) is 0 Å². The minimum atomic E-state index is -0.879. The zero-order valence-electron chi connectivity index (χ0n) is 11.2. The molecule has 2 rings (SSSR count). The highest BCUT2D eigenvalue weighted by atomic mass is 19.1. The molecule has 1 aliphatic carbocycles. The summed E-state index contributed by atoms with van der Waals surface area (Å²) in [4.78, 5) is 12.2. The number of aryl methyl sites for hydroxylation is 1. The van der Waals surface area contributed by atoms with Crippen LogP contribution in [0.25, 0.3) is 0 Å². The molecule has 1 aromatic carbocycles. The first-order valence-corrected chi connectivity index (χ1v) is 6.25. The third kappa shape index (κ3) is 2.48. The number of fused-ring (bicyclic) bond motifs is 1. The predicted molar refractivity (Wildman–Crippen MR) is 68.3 cm³/mol. The van der Waals surface area contributed by atoms with Gasteiger partial charge in [0.15, 0.2) is 0 Å². The van der Waals surface area contributed by atoms with Crippen molar-refractivity contribution in [2.24, 2.45) is 0 Å². The Morgan fingerprint density at radius 3 is 2.95 bits per heavy atom. The molecule has 0 bridgehead atoms. The Labute approximate surface area is 111 Å². The lowest BCUT2D eigenvalue weighted by molar-refractivity contribution is -0.149. The van der Waals surface area contributed by atoms with E-state index < -0.39 is 5.54 Å². The van der Waals surface area contributed by atoms with Gasteiger partial charge in [-0.3, -0.25) is 5.32 Å². The second-order valence-electron chi connectivity index (χ2n) is 4.62. The van der Waals surface area contributed by atoms with Crippen LogP contribution in [0, 0.1) is 5.82 Å². The molecule has 1 atom stereocenters. The number of halogens is 1. The fourth-order valence-corrected chi connectivity index (χ4v) is 2.65. The van der Waals surface area contributed by atoms with Crippen LogP contribution in [0.3, 0.4) is 0 Å². The lowest BCUT2D eigenvalue weighted by Gasteiger charge is -2.28. The van der Waals surface area contributed by atoms with Gasteiger partial charge in [-0.25, -0.2) is 9.18 Å². The molecule has 4 nitrogen and oxygen atoms in total. The quantitative estimate of drug-likeness (QED) is 0.646. The van der Waals surface area contributed by atoms with Gasteiger partial charge in [0.05, 0.1) is 13.7 Å². The van der Waals surface area contributed by atoms with Gasteiger partial charge in [0.1, 0.15) is 11.4 Å². The van der Waals surface area contributed by atoms with E-state index in [1.54, 1.807) is 13.2 Å². The molecule has 19 heavy (non-hydrogen) atoms. The number of hydrogen-bond acceptors (Lipinski definition) is 4. The van der Waals surface area contributed by atoms with Crippen molar-refractivity contribution >= 4 is 5.97 Å². The topological polar surface area (TPSA) is 47.6 Å². The largest absolute Gasteiger partial charge is 0.467 e. The standard InChI is InChI=1S/C14H18FNO3/c1-18-8-7-16-14(13(17)19-2)6-5-10-9-11(15)3-4-12(10)14/h3-4,9,16H,5-8H2,1-2H3. The summed E-state index contributed by atoms with van der Waals surface area (Å²) < 4.78 is 23.2. The first-order chi connectivity index (χ1) is 9.14. The summed E-state index contributed by atoms with van der Waals surface area (Å²) in [7, 11) is 2.97. The van der Waals surface area contributed by atoms with Crippen molar-refractivity contribution in [1.82, 2.24) is 5.32 Å². The van der Waals surface area contributed by atoms with E-state index in [1.165, 1.54) is 19.2 Å². The van der Waals surface area contributed by atoms with Gasteiger partial charge in [0.2, 0.25) is 0 Å². The Bertz CT molecular complexity index is 478. The van der Waals surface area contributed by atoms with Gasteiger partial charge >= 0.3 is 5.97 Å². The molecule has 0 aromatic heterocycles. The third-order valence-corrected chi connectivity index (χ3v) is 3.56. The summed E-state index contributed by atoms with van der Waals surface area (Å²) in [6.07, 6.45) is 1.23. The van der Waals surface area contributed by atoms with E-state index >= 15 is 0 Å². The maximum atomic E-state index is 13.2. The van der Waals surface area contributed by atoms with Crippen LogP contribution in [0.2, 0.25) is 0 Å². The Kier molecular flexibility index (Phi) is 4.17. The Morgan fingerprint density at radius 2 is 2.26 bits per heavy atom. The van der Waals surface area contributed by atoms with Crippen LogP contribution in [-0.2, 0) is 26.2 Å². The van der Waals surface area contributed by atoms with E-state index in [-0.39, 0.29) is 11.8 Å². The smallest absolute Gasteiger partial charge is 0.330 e. The molecule has 0 fully saturated rings. The van der Waals surface area contributed by atoms with Gasteiger partial charge in [-0.15, -0.1) is 0 Å². The van der Waals surface area contributed by atoms with Crippen molar-refractivity contribution in [1.29, 1.82) is 0 Å². The average molecular weight is 267 g/mol. The molecule has 0 aliphatic heterocycles. The lowest BCUT2D eigenvalue weighted by atomic mass is 9.91. The fourth-order valence-electron chi connectivity index (χ4n) is 2.65. The molecule has 0 saturated carbocycles. The summed E-state index contributed by atoms with van der Waals surface area (Å²) in [5.41, 5.74) is 0.781. The maximum absolute atomic E-state index is 13.2. The number of carbonyl (C=O) groups is 1. The van der Waals surface area contributed by atoms with E-state index in [1.807, 2.05) is 0 Å². The normalized spacial score (nSPS) is 21.2. The number of benzene rings is 1. The zero-order chi connectivity index (χ0) is 13.9. The molecule has 1 unspecified atom stereocenters. The minimum Gasteiger partial charge on any atom is -0.467 e. The highest BCUT2D eigenvalue weighted by molar-refractivity contribution is 5.84. The fraction of sp³-hybridized carbons (Fsp3) is 0.500. The first-order valence-electron chi connectivity index (χ1n) is 6.25. The van der Waals surface area contributed by atoms with Crippen molar-refractivity contribution < 1.29 is 18.7 Å². The van der Waals surface area contributed by atoms with E-state index in [0.717, 1.165) is 11.1 Å². The Morgan fingerprint density at radius 1 is 1.47 bits per heavy atom. The highest BCUT2D eigenvalue weighted by Crippen LogP contribution is 2.38. The van der Waals surface area contributed by atoms with Crippen LogP contribution < -0.4 is 5.32 Å². The Hall–Kier alpha value is -1.46. The number of hydrogen-bond donors (Lipinski definition) is 1. The number of carbonyl (C=O) groups excluding carboxylic acids is 1. The molecule has 0 saturated heterocycles. The van der Waals surface area contributed by atoms with Gasteiger partial charge in [-0.1, -0.05) is 6.07 Å². The Balaban J connectivity index is 2.34. The minimum absolute atomic E-state index is 0.281. The number of ether oxygens (including phenoxy) is 2. The molecule has 5 heteroatoms. The zero-order valence-corrected chi connectivity index (χ0v) is 11.2. The summed E-state index contributed by atoms with van der Waals surface area (Å²) >= 11 is 0. The average Bonchev–Trinajstić information content (AvgIpc) is 2.77. The van der Waals surface area contributed by atoms with Gasteiger partial charge in [0, 0.05) is 13.7 Å². The molecule has 0 heterocycles. The molecule has 0 spiro atoms. The van der Waals surface area contributed by atoms with Crippen LogP contribution in [0.1, 0.15) is 17.5 Å². The second-order valence-corrected chi connectivity index (χ2v) is 4.62. The van der Waals surface area contributed by atoms with E-state index in [9.17, 15) is 9.18 Å². The summed E-state index contributed by atoms with van der Waals surface area (Å²) in [6.45, 7) is 1.03. The van der Waals surface area contributed by atoms with E-state index in [4.69, 9.17) is 9.47 Å². The number of rotatable bonds is 5. The van der Waals surface area contributed by atoms with Crippen molar-refractivity contribution in [2.45, 2.75) is 18.4 Å². The highest BCUT2D eigenvalue weighted by Gasteiger charge is 2.46. The van der Waals surface area contributed by atoms with Gasteiger partial charge < -0.3 is 9.47 Å². The maximum Gasteiger partial charge on any atom is 0.330 e. The third-order valence-electron chi connectivity index (χ3n) is 3.56. The van der Waals surface area contributed by atoms with Crippen LogP contribution in [-0.4, -0.2) is 33.3 Å². The lowest BCUT2D eigenvalue weighted by Crippen LogP contribution is -2.49. The molecule has 104 valence electrons. The van der Waals surface area contributed by atoms with E-state index in [0.29, 0.717) is 26.0 Å². The molecular weight excluding hydrogens is 249 g/mol. The van der Waals surface area contributed by atoms with Crippen LogP contribution in [0.15, 0.2) is 18.2 Å². The number of methoxy groups -OCH3 is 2. The molecule has 0 amide bonds. The first kappa shape index (κ1) is 14.0. The summed E-state index contributed by atoms with van der Waals surface area (Å²) in [6, 6.07) is 4.52. The summed E-state index contributed by atoms with van der Waals surface area (Å²) in [5.74, 6) is -0.620. The molecule has 0 radical (unpaired) electrons. The molecular formula is C14H18FNO3. The van der Waals surface area contributed by atoms with Gasteiger partial charge in [-0.05, 0) is 36.1 Å². The monoisotopic (exact) mass is 267 g/mol. The van der Waals surface area contributed by atoms with Crippen LogP contribution in [0.5, 0.6) is 0 Å². The van der Waals surface area contributed by atoms with Crippen molar-refractivity contribution in [3.63, 3.8) is 0 Å². The van der Waals surface area contributed by atoms with Crippen LogP contribution in [0.4, 0.5) is 4.39 Å². The second kappa shape index (κ2) is 5.67. The van der Waals surface area contributed by atoms with Gasteiger partial charge in [0.25, 0.3) is 0 Å². The van der Waals surface area contributed by atoms with E-state index in [2.05, 4.69) is 5.32 Å². The SMILES string of the molecule is COCCNC1(C(=O)OC)CCc2cc(F)ccc21. The van der Waals surface area contributed by atoms with Crippen molar-refractivity contribution in [3.05, 3.63) is 35.1 Å². The predicted octanol–water partition coefficient (Wildman–Crippen LogP) is 1.38. The number of nitrogens with one attached hydrogen (secondary N) is 1. The molecule has 1 N–H and O–H groups in total. The number of esters is 1. The summed E-state index contributed by atoms with van der Waals surface area (Å²) in [5, 5.41) is 3.20. The molecule has 1 aliphatic rings.